The lowest BCUT2D eigenvalue weighted by atomic mass is 10.0. The van der Waals surface area contributed by atoms with Gasteiger partial charge in [-0.05, 0) is 37.6 Å². The molecule has 3 aromatic rings. The van der Waals surface area contributed by atoms with Crippen molar-refractivity contribution < 1.29 is 23.0 Å². The Balaban J connectivity index is 2.00. The van der Waals surface area contributed by atoms with Crippen LogP contribution in [-0.4, -0.2) is 32.9 Å². The first-order chi connectivity index (χ1) is 13.5. The molecule has 1 N–H and O–H groups in total. The molecular formula is C20H17ClF3N3O2. The Morgan fingerprint density at radius 1 is 1.28 bits per heavy atom. The number of hydrogen-bond acceptors (Lipinski definition) is 4. The molecule has 1 aromatic carbocycles. The second-order valence-electron chi connectivity index (χ2n) is 7.20. The quantitative estimate of drug-likeness (QED) is 0.641. The first kappa shape index (κ1) is 21.0. The minimum Gasteiger partial charge on any atom is -0.489 e. The normalized spacial score (nSPS) is 12.2. The molecule has 0 bridgehead atoms. The average molecular weight is 424 g/mol. The number of nitriles is 1. The molecule has 0 unspecified atom stereocenters. The summed E-state index contributed by atoms with van der Waals surface area (Å²) < 4.78 is 45.0. The van der Waals surface area contributed by atoms with Crippen LogP contribution in [0.15, 0.2) is 36.7 Å². The van der Waals surface area contributed by atoms with Crippen LogP contribution in [0.1, 0.15) is 25.1 Å². The van der Waals surface area contributed by atoms with E-state index in [0.717, 1.165) is 6.20 Å². The van der Waals surface area contributed by atoms with Crippen LogP contribution >= 0.6 is 11.6 Å². The highest BCUT2D eigenvalue weighted by Crippen LogP contribution is 2.34. The number of fused-ring (bicyclic) bond motifs is 1. The van der Waals surface area contributed by atoms with Gasteiger partial charge in [-0.3, -0.25) is 0 Å². The molecule has 0 aliphatic carbocycles. The van der Waals surface area contributed by atoms with Gasteiger partial charge in [0.1, 0.15) is 24.0 Å². The van der Waals surface area contributed by atoms with E-state index in [1.165, 1.54) is 10.6 Å². The Kier molecular flexibility index (Phi) is 5.48. The van der Waals surface area contributed by atoms with Crippen molar-refractivity contribution in [2.45, 2.75) is 32.0 Å². The van der Waals surface area contributed by atoms with Crippen LogP contribution in [0.2, 0.25) is 5.02 Å². The molecule has 29 heavy (non-hydrogen) atoms. The lowest BCUT2D eigenvalue weighted by molar-refractivity contribution is -0.127. The van der Waals surface area contributed by atoms with Crippen molar-refractivity contribution in [1.82, 2.24) is 9.38 Å². The van der Waals surface area contributed by atoms with Gasteiger partial charge in [-0.1, -0.05) is 17.7 Å². The van der Waals surface area contributed by atoms with E-state index in [0.29, 0.717) is 16.9 Å². The number of imidazole rings is 1. The molecule has 2 aromatic heterocycles. The fourth-order valence-corrected chi connectivity index (χ4v) is 3.06. The van der Waals surface area contributed by atoms with Gasteiger partial charge < -0.3 is 14.2 Å². The van der Waals surface area contributed by atoms with Crippen LogP contribution in [0, 0.1) is 11.3 Å². The largest absolute Gasteiger partial charge is 0.489 e. The topological polar surface area (TPSA) is 70.6 Å². The monoisotopic (exact) mass is 423 g/mol. The summed E-state index contributed by atoms with van der Waals surface area (Å²) >= 11 is 6.26. The number of aromatic nitrogens is 2. The zero-order valence-electron chi connectivity index (χ0n) is 15.6. The van der Waals surface area contributed by atoms with Gasteiger partial charge in [0.2, 0.25) is 0 Å². The van der Waals surface area contributed by atoms with Crippen LogP contribution in [0.4, 0.5) is 13.2 Å². The number of benzene rings is 1. The van der Waals surface area contributed by atoms with E-state index in [1.807, 2.05) is 6.07 Å². The van der Waals surface area contributed by atoms with Crippen molar-refractivity contribution in [3.8, 4) is 22.9 Å². The summed E-state index contributed by atoms with van der Waals surface area (Å²) in [5.41, 5.74) is 0.273. The maximum atomic E-state index is 12.7. The van der Waals surface area contributed by atoms with Crippen molar-refractivity contribution in [1.29, 1.82) is 5.26 Å². The van der Waals surface area contributed by atoms with Gasteiger partial charge in [-0.15, -0.1) is 0 Å². The molecule has 0 spiro atoms. The number of pyridine rings is 1. The molecule has 9 heteroatoms. The molecule has 152 valence electrons. The first-order valence-electron chi connectivity index (χ1n) is 8.59. The third-order valence-electron chi connectivity index (χ3n) is 4.07. The number of rotatable bonds is 5. The minimum atomic E-state index is -4.38. The highest BCUT2D eigenvalue weighted by atomic mass is 35.5. The zero-order valence-corrected chi connectivity index (χ0v) is 16.3. The molecular weight excluding hydrogens is 407 g/mol. The number of alkyl halides is 3. The number of hydrogen-bond donors (Lipinski definition) is 1. The van der Waals surface area contributed by atoms with E-state index in [1.54, 1.807) is 38.1 Å². The predicted molar refractivity (Wildman–Crippen MR) is 102 cm³/mol. The predicted octanol–water partition coefficient (Wildman–Crippen LogP) is 4.78. The van der Waals surface area contributed by atoms with Crippen LogP contribution in [0.5, 0.6) is 5.75 Å². The van der Waals surface area contributed by atoms with Crippen molar-refractivity contribution in [2.75, 3.05) is 6.61 Å². The van der Waals surface area contributed by atoms with Gasteiger partial charge in [0.25, 0.3) is 0 Å². The maximum absolute atomic E-state index is 12.7. The lowest BCUT2D eigenvalue weighted by Crippen LogP contribution is -2.27. The molecule has 0 radical (unpaired) electrons. The number of aliphatic hydroxyl groups is 1. The van der Waals surface area contributed by atoms with Crippen molar-refractivity contribution in [3.05, 3.63) is 52.9 Å². The van der Waals surface area contributed by atoms with E-state index in [4.69, 9.17) is 16.3 Å². The smallest absolute Gasteiger partial charge is 0.394 e. The Labute approximate surface area is 169 Å². The maximum Gasteiger partial charge on any atom is 0.394 e. The molecule has 5 nitrogen and oxygen atoms in total. The minimum absolute atomic E-state index is 0.0392. The van der Waals surface area contributed by atoms with Crippen LogP contribution in [0.25, 0.3) is 16.8 Å². The van der Waals surface area contributed by atoms with Crippen LogP contribution < -0.4 is 4.74 Å². The number of nitrogens with zero attached hydrogens (tertiary/aromatic N) is 3. The molecule has 3 rings (SSSR count). The second-order valence-corrected chi connectivity index (χ2v) is 7.60. The molecule has 0 aliphatic rings. The van der Waals surface area contributed by atoms with Crippen molar-refractivity contribution >= 4 is 17.2 Å². The highest BCUT2D eigenvalue weighted by Gasteiger charge is 2.30. The molecule has 0 aliphatic heterocycles. The first-order valence-corrected chi connectivity index (χ1v) is 8.97. The third kappa shape index (κ3) is 4.81. The zero-order chi connectivity index (χ0) is 21.4. The van der Waals surface area contributed by atoms with Gasteiger partial charge >= 0.3 is 6.18 Å². The molecule has 0 amide bonds. The fourth-order valence-electron chi connectivity index (χ4n) is 2.83. The standard InChI is InChI=1S/C20H17ClF3N3O2/c1-19(2,28)11-29-17-4-3-12(7-16(17)21)14-5-6-27-13(8-20(22,23)24)10-26-18(27)15(14)9-25/h3-7,10,28H,8,11H2,1-2H3. The molecule has 0 fully saturated rings. The van der Waals surface area contributed by atoms with E-state index >= 15 is 0 Å². The summed E-state index contributed by atoms with van der Waals surface area (Å²) in [6.45, 7) is 3.24. The molecule has 0 atom stereocenters. The summed E-state index contributed by atoms with van der Waals surface area (Å²) in [4.78, 5) is 4.01. The Morgan fingerprint density at radius 2 is 2.00 bits per heavy atom. The van der Waals surface area contributed by atoms with E-state index in [9.17, 15) is 23.5 Å². The summed E-state index contributed by atoms with van der Waals surface area (Å²) in [6, 6.07) is 8.45. The molecule has 2 heterocycles. The average Bonchev–Trinajstić information content (AvgIpc) is 3.00. The SMILES string of the molecule is CC(C)(O)COc1ccc(-c2ccn3c(CC(F)(F)F)cnc3c2C#N)cc1Cl. The fraction of sp³-hybridized carbons (Fsp3) is 0.300. The molecule has 0 saturated heterocycles. The van der Waals surface area contributed by atoms with Gasteiger partial charge in [-0.2, -0.15) is 18.4 Å². The Morgan fingerprint density at radius 3 is 2.59 bits per heavy atom. The van der Waals surface area contributed by atoms with Gasteiger partial charge in [0, 0.05) is 18.0 Å². The Bertz CT molecular complexity index is 1100. The van der Waals surface area contributed by atoms with Crippen LogP contribution in [-0.2, 0) is 6.42 Å². The van der Waals surface area contributed by atoms with E-state index in [2.05, 4.69) is 4.98 Å². The van der Waals surface area contributed by atoms with Crippen molar-refractivity contribution in [3.63, 3.8) is 0 Å². The van der Waals surface area contributed by atoms with Gasteiger partial charge in [0.05, 0.1) is 22.7 Å². The van der Waals surface area contributed by atoms with E-state index in [-0.39, 0.29) is 28.5 Å². The van der Waals surface area contributed by atoms with Crippen LogP contribution in [0.3, 0.4) is 0 Å². The Hall–Kier alpha value is -2.76. The second kappa shape index (κ2) is 7.58. The summed E-state index contributed by atoms with van der Waals surface area (Å²) in [6.07, 6.45) is -2.95. The van der Waals surface area contributed by atoms with Gasteiger partial charge in [-0.25, -0.2) is 4.98 Å². The van der Waals surface area contributed by atoms with E-state index < -0.39 is 18.2 Å². The molecule has 0 saturated carbocycles. The van der Waals surface area contributed by atoms with Crippen molar-refractivity contribution in [2.24, 2.45) is 0 Å². The number of ether oxygens (including phenoxy) is 1. The summed E-state index contributed by atoms with van der Waals surface area (Å²) in [5, 5.41) is 19.6. The summed E-state index contributed by atoms with van der Waals surface area (Å²) in [7, 11) is 0. The highest BCUT2D eigenvalue weighted by molar-refractivity contribution is 6.32. The van der Waals surface area contributed by atoms with Gasteiger partial charge in [0.15, 0.2) is 5.65 Å². The lowest BCUT2D eigenvalue weighted by Gasteiger charge is -2.18. The number of halogens is 4. The third-order valence-corrected chi connectivity index (χ3v) is 4.37. The summed E-state index contributed by atoms with van der Waals surface area (Å²) in [5.74, 6) is 0.366.